The fourth-order valence-corrected chi connectivity index (χ4v) is 3.40. The summed E-state index contributed by atoms with van der Waals surface area (Å²) in [5.41, 5.74) is 1.34. The first-order chi connectivity index (χ1) is 13.6. The van der Waals surface area contributed by atoms with Gasteiger partial charge in [0.1, 0.15) is 6.04 Å². The normalized spacial score (nSPS) is 12.3. The first-order valence-corrected chi connectivity index (χ1v) is 10.5. The highest BCUT2D eigenvalue weighted by atomic mass is 35.5. The molecule has 0 aliphatic rings. The lowest BCUT2D eigenvalue weighted by atomic mass is 10.0. The third kappa shape index (κ3) is 7.06. The lowest BCUT2D eigenvalue weighted by Crippen LogP contribution is -2.53. The summed E-state index contributed by atoms with van der Waals surface area (Å²) in [5, 5.41) is 3.87. The summed E-state index contributed by atoms with van der Waals surface area (Å²) in [6, 6.07) is 14.2. The molecule has 0 bridgehead atoms. The molecule has 0 saturated carbocycles. The minimum atomic E-state index is -0.583. The Labute approximate surface area is 183 Å². The summed E-state index contributed by atoms with van der Waals surface area (Å²) >= 11 is 12.2. The van der Waals surface area contributed by atoms with Crippen molar-refractivity contribution in [2.75, 3.05) is 0 Å². The molecule has 0 heterocycles. The van der Waals surface area contributed by atoms with Crippen molar-refractivity contribution < 1.29 is 9.59 Å². The first kappa shape index (κ1) is 23.2. The Morgan fingerprint density at radius 3 is 2.21 bits per heavy atom. The maximum atomic E-state index is 13.2. The molecule has 2 aromatic carbocycles. The van der Waals surface area contributed by atoms with Gasteiger partial charge in [-0.25, -0.2) is 0 Å². The van der Waals surface area contributed by atoms with E-state index in [0.29, 0.717) is 16.5 Å². The quantitative estimate of drug-likeness (QED) is 0.645. The molecular weight excluding hydrogens is 407 g/mol. The Morgan fingerprint density at radius 2 is 1.66 bits per heavy atom. The van der Waals surface area contributed by atoms with E-state index in [1.165, 1.54) is 0 Å². The summed E-state index contributed by atoms with van der Waals surface area (Å²) < 4.78 is 0. The fraction of sp³-hybridized carbons (Fsp3) is 0.391. The zero-order chi connectivity index (χ0) is 21.6. The Hall–Kier alpha value is -2.04. The molecule has 0 spiro atoms. The molecule has 29 heavy (non-hydrogen) atoms. The van der Waals surface area contributed by atoms with Gasteiger partial charge in [-0.05, 0) is 50.5 Å². The smallest absolute Gasteiger partial charge is 0.243 e. The Balaban J connectivity index is 2.32. The maximum Gasteiger partial charge on any atom is 0.243 e. The molecule has 0 unspecified atom stereocenters. The number of hydrogen-bond acceptors (Lipinski definition) is 2. The summed E-state index contributed by atoms with van der Waals surface area (Å²) in [5.74, 6) is -0.278. The molecule has 156 valence electrons. The van der Waals surface area contributed by atoms with Gasteiger partial charge in [-0.2, -0.15) is 0 Å². The number of hydrogen-bond donors (Lipinski definition) is 1. The van der Waals surface area contributed by atoms with Crippen LogP contribution in [-0.4, -0.2) is 28.3 Å². The first-order valence-electron chi connectivity index (χ1n) is 9.70. The van der Waals surface area contributed by atoms with Crippen molar-refractivity contribution >= 4 is 35.0 Å². The topological polar surface area (TPSA) is 49.4 Å². The van der Waals surface area contributed by atoms with Crippen LogP contribution in [0, 0.1) is 0 Å². The molecule has 0 aliphatic heterocycles. The highest BCUT2D eigenvalue weighted by Crippen LogP contribution is 2.24. The average Bonchev–Trinajstić information content (AvgIpc) is 2.63. The second kappa shape index (κ2) is 10.1. The van der Waals surface area contributed by atoms with Crippen molar-refractivity contribution in [3.63, 3.8) is 0 Å². The largest absolute Gasteiger partial charge is 0.350 e. The van der Waals surface area contributed by atoms with Gasteiger partial charge in [0, 0.05) is 12.1 Å². The van der Waals surface area contributed by atoms with E-state index in [1.54, 1.807) is 17.0 Å². The van der Waals surface area contributed by atoms with Gasteiger partial charge >= 0.3 is 0 Å². The highest BCUT2D eigenvalue weighted by Gasteiger charge is 2.30. The van der Waals surface area contributed by atoms with E-state index in [4.69, 9.17) is 23.2 Å². The number of carbonyl (C=O) groups excluding carboxylic acids is 2. The third-order valence-corrected chi connectivity index (χ3v) is 5.16. The summed E-state index contributed by atoms with van der Waals surface area (Å²) in [4.78, 5) is 27.8. The molecule has 0 aliphatic carbocycles. The van der Waals surface area contributed by atoms with Gasteiger partial charge in [0.2, 0.25) is 11.8 Å². The van der Waals surface area contributed by atoms with Crippen LogP contribution in [0.25, 0.3) is 0 Å². The van der Waals surface area contributed by atoms with Gasteiger partial charge in [0.15, 0.2) is 0 Å². The molecule has 0 radical (unpaired) electrons. The third-order valence-electron chi connectivity index (χ3n) is 4.42. The van der Waals surface area contributed by atoms with Gasteiger partial charge in [0.25, 0.3) is 0 Å². The standard InChI is InChI=1S/C23H28Cl2N2O2/c1-5-20(22(29)26-23(2,3)4)27(15-17-11-12-18(24)19(25)13-17)21(28)14-16-9-7-6-8-10-16/h6-13,20H,5,14-15H2,1-4H3,(H,26,29)/t20-/m0/s1. The SMILES string of the molecule is CC[C@@H](C(=O)NC(C)(C)C)N(Cc1ccc(Cl)c(Cl)c1)C(=O)Cc1ccccc1. The average molecular weight is 435 g/mol. The second-order valence-corrected chi connectivity index (χ2v) is 8.91. The number of carbonyl (C=O) groups is 2. The zero-order valence-electron chi connectivity index (χ0n) is 17.3. The number of nitrogens with one attached hydrogen (secondary N) is 1. The van der Waals surface area contributed by atoms with Crippen LogP contribution in [0.2, 0.25) is 10.0 Å². The van der Waals surface area contributed by atoms with Crippen molar-refractivity contribution in [2.45, 2.75) is 58.7 Å². The van der Waals surface area contributed by atoms with Crippen molar-refractivity contribution in [2.24, 2.45) is 0 Å². The van der Waals surface area contributed by atoms with E-state index in [1.807, 2.05) is 64.1 Å². The lowest BCUT2D eigenvalue weighted by Gasteiger charge is -2.33. The van der Waals surface area contributed by atoms with E-state index in [0.717, 1.165) is 11.1 Å². The molecule has 2 rings (SSSR count). The van der Waals surface area contributed by atoms with Crippen molar-refractivity contribution in [1.82, 2.24) is 10.2 Å². The molecule has 1 N–H and O–H groups in total. The molecule has 0 fully saturated rings. The molecule has 0 aromatic heterocycles. The Kier molecular flexibility index (Phi) is 8.12. The molecule has 2 amide bonds. The number of benzene rings is 2. The number of halogens is 2. The minimum absolute atomic E-state index is 0.113. The van der Waals surface area contributed by atoms with Crippen LogP contribution in [0.1, 0.15) is 45.2 Å². The molecule has 1 atom stereocenters. The van der Waals surface area contributed by atoms with Gasteiger partial charge in [0.05, 0.1) is 16.5 Å². The van der Waals surface area contributed by atoms with Crippen LogP contribution < -0.4 is 5.32 Å². The van der Waals surface area contributed by atoms with Gasteiger partial charge < -0.3 is 10.2 Å². The monoisotopic (exact) mass is 434 g/mol. The summed E-state index contributed by atoms with van der Waals surface area (Å²) in [7, 11) is 0. The second-order valence-electron chi connectivity index (χ2n) is 8.10. The Bertz CT molecular complexity index is 848. The van der Waals surface area contributed by atoms with Crippen molar-refractivity contribution in [1.29, 1.82) is 0 Å². The van der Waals surface area contributed by atoms with Crippen LogP contribution in [0.4, 0.5) is 0 Å². The molecule has 0 saturated heterocycles. The van der Waals surface area contributed by atoms with E-state index in [-0.39, 0.29) is 30.3 Å². The minimum Gasteiger partial charge on any atom is -0.350 e. The lowest BCUT2D eigenvalue weighted by molar-refractivity contribution is -0.141. The van der Waals surface area contributed by atoms with E-state index >= 15 is 0 Å². The zero-order valence-corrected chi connectivity index (χ0v) is 18.8. The molecule has 2 aromatic rings. The highest BCUT2D eigenvalue weighted by molar-refractivity contribution is 6.42. The van der Waals surface area contributed by atoms with Crippen molar-refractivity contribution in [3.8, 4) is 0 Å². The number of nitrogens with zero attached hydrogens (tertiary/aromatic N) is 1. The van der Waals surface area contributed by atoms with Crippen LogP contribution in [0.3, 0.4) is 0 Å². The van der Waals surface area contributed by atoms with Crippen LogP contribution in [0.5, 0.6) is 0 Å². The van der Waals surface area contributed by atoms with E-state index < -0.39 is 6.04 Å². The van der Waals surface area contributed by atoms with E-state index in [2.05, 4.69) is 5.32 Å². The molecular formula is C23H28Cl2N2O2. The predicted molar refractivity (Wildman–Crippen MR) is 119 cm³/mol. The summed E-state index contributed by atoms with van der Waals surface area (Å²) in [6.07, 6.45) is 0.727. The van der Waals surface area contributed by atoms with Crippen molar-refractivity contribution in [3.05, 3.63) is 69.7 Å². The maximum absolute atomic E-state index is 13.2. The molecule has 6 heteroatoms. The fourth-order valence-electron chi connectivity index (χ4n) is 3.08. The van der Waals surface area contributed by atoms with Gasteiger partial charge in [-0.3, -0.25) is 9.59 Å². The summed E-state index contributed by atoms with van der Waals surface area (Å²) in [6.45, 7) is 7.95. The van der Waals surface area contributed by atoms with Crippen LogP contribution >= 0.6 is 23.2 Å². The molecule has 4 nitrogen and oxygen atoms in total. The van der Waals surface area contributed by atoms with Crippen LogP contribution in [-0.2, 0) is 22.6 Å². The predicted octanol–water partition coefficient (Wildman–Crippen LogP) is 5.26. The van der Waals surface area contributed by atoms with Crippen LogP contribution in [0.15, 0.2) is 48.5 Å². The Morgan fingerprint density at radius 1 is 1.00 bits per heavy atom. The number of amides is 2. The van der Waals surface area contributed by atoms with E-state index in [9.17, 15) is 9.59 Å². The van der Waals surface area contributed by atoms with Gasteiger partial charge in [-0.15, -0.1) is 0 Å². The number of rotatable bonds is 7. The van der Waals surface area contributed by atoms with Gasteiger partial charge in [-0.1, -0.05) is 66.5 Å².